The highest BCUT2D eigenvalue weighted by molar-refractivity contribution is 5.90. The number of rotatable bonds is 2. The molecule has 0 unspecified atom stereocenters. The van der Waals surface area contributed by atoms with Crippen LogP contribution in [0.15, 0.2) is 60.7 Å². The number of nitrogens with zero attached hydrogens (tertiary/aromatic N) is 3. The molecule has 0 aliphatic carbocycles. The van der Waals surface area contributed by atoms with Crippen molar-refractivity contribution in [3.8, 4) is 28.1 Å². The van der Waals surface area contributed by atoms with Crippen LogP contribution in [-0.2, 0) is 10.8 Å². The van der Waals surface area contributed by atoms with E-state index in [-0.39, 0.29) is 16.6 Å². The molecule has 0 aliphatic rings. The Hall–Kier alpha value is -3.14. The van der Waals surface area contributed by atoms with Crippen molar-refractivity contribution in [1.29, 1.82) is 0 Å². The molecule has 4 nitrogen and oxygen atoms in total. The molecule has 4 rings (SSSR count). The van der Waals surface area contributed by atoms with Crippen LogP contribution in [0.4, 0.5) is 0 Å². The number of hydrogen-bond donors (Lipinski definition) is 1. The van der Waals surface area contributed by atoms with Crippen LogP contribution in [0.1, 0.15) is 52.9 Å². The van der Waals surface area contributed by atoms with Crippen molar-refractivity contribution in [2.24, 2.45) is 0 Å². The minimum atomic E-state index is -0.104. The number of aromatic nitrogens is 3. The lowest BCUT2D eigenvalue weighted by molar-refractivity contribution is 0.475. The molecule has 2 aromatic carbocycles. The number of hydrogen-bond acceptors (Lipinski definition) is 3. The van der Waals surface area contributed by atoms with Crippen LogP contribution in [0.25, 0.3) is 28.0 Å². The molecule has 1 N–H and O–H groups in total. The zero-order valence-electron chi connectivity index (χ0n) is 18.6. The van der Waals surface area contributed by atoms with Crippen molar-refractivity contribution in [2.45, 2.75) is 52.4 Å². The Morgan fingerprint density at radius 3 is 1.97 bits per heavy atom. The normalized spacial score (nSPS) is 12.5. The molecule has 30 heavy (non-hydrogen) atoms. The van der Waals surface area contributed by atoms with Gasteiger partial charge in [0, 0.05) is 16.4 Å². The molecule has 0 bridgehead atoms. The third kappa shape index (κ3) is 3.58. The fraction of sp³-hybridized carbons (Fsp3) is 0.308. The summed E-state index contributed by atoms with van der Waals surface area (Å²) in [5.41, 5.74) is 6.72. The molecule has 0 saturated heterocycles. The van der Waals surface area contributed by atoms with E-state index in [2.05, 4.69) is 59.7 Å². The molecule has 0 amide bonds. The standard InChI is InChI=1S/C26H29N3O/c1-25(2,3)20-16-21(26(4,5)6)29-24(27-20)22(17-12-14-19(30)15-13-17)23(28-29)18-10-8-7-9-11-18/h7-16,30H,1-6H3. The van der Waals surface area contributed by atoms with Gasteiger partial charge in [-0.25, -0.2) is 9.50 Å². The average Bonchev–Trinajstić information content (AvgIpc) is 3.06. The van der Waals surface area contributed by atoms with Gasteiger partial charge in [0.2, 0.25) is 0 Å². The van der Waals surface area contributed by atoms with Gasteiger partial charge < -0.3 is 5.11 Å². The van der Waals surface area contributed by atoms with Crippen molar-refractivity contribution < 1.29 is 5.11 Å². The third-order valence-electron chi connectivity index (χ3n) is 5.33. The molecular weight excluding hydrogens is 370 g/mol. The topological polar surface area (TPSA) is 50.4 Å². The first-order valence-electron chi connectivity index (χ1n) is 10.4. The molecule has 0 saturated carbocycles. The molecule has 0 atom stereocenters. The average molecular weight is 400 g/mol. The van der Waals surface area contributed by atoms with Gasteiger partial charge in [-0.3, -0.25) is 0 Å². The first-order chi connectivity index (χ1) is 14.1. The van der Waals surface area contributed by atoms with Crippen LogP contribution in [0.3, 0.4) is 0 Å². The summed E-state index contributed by atoms with van der Waals surface area (Å²) in [6, 6.07) is 19.7. The van der Waals surface area contributed by atoms with E-state index in [9.17, 15) is 5.11 Å². The second-order valence-corrected chi connectivity index (χ2v) is 9.90. The van der Waals surface area contributed by atoms with Gasteiger partial charge in [0.25, 0.3) is 0 Å². The SMILES string of the molecule is CC(C)(C)c1cc(C(C)(C)C)n2nc(-c3ccccc3)c(-c3ccc(O)cc3)c2n1. The van der Waals surface area contributed by atoms with E-state index in [1.54, 1.807) is 12.1 Å². The quantitative estimate of drug-likeness (QED) is 0.426. The summed E-state index contributed by atoms with van der Waals surface area (Å²) < 4.78 is 2.00. The van der Waals surface area contributed by atoms with Crippen molar-refractivity contribution in [1.82, 2.24) is 14.6 Å². The Bertz CT molecular complexity index is 1190. The Labute approximate surface area is 178 Å². The van der Waals surface area contributed by atoms with Crippen molar-refractivity contribution in [3.63, 3.8) is 0 Å². The molecule has 0 radical (unpaired) electrons. The summed E-state index contributed by atoms with van der Waals surface area (Å²) in [5, 5.41) is 14.9. The summed E-state index contributed by atoms with van der Waals surface area (Å²) >= 11 is 0. The Morgan fingerprint density at radius 1 is 0.767 bits per heavy atom. The van der Waals surface area contributed by atoms with Crippen LogP contribution in [0.5, 0.6) is 5.75 Å². The first kappa shape index (κ1) is 20.1. The van der Waals surface area contributed by atoms with Crippen molar-refractivity contribution in [3.05, 3.63) is 72.1 Å². The lowest BCUT2D eigenvalue weighted by atomic mass is 9.86. The molecule has 2 heterocycles. The maximum atomic E-state index is 9.82. The van der Waals surface area contributed by atoms with E-state index in [4.69, 9.17) is 10.1 Å². The Balaban J connectivity index is 2.16. The highest BCUT2D eigenvalue weighted by Crippen LogP contribution is 2.38. The Kier molecular flexibility index (Phi) is 4.69. The van der Waals surface area contributed by atoms with Crippen LogP contribution in [0, 0.1) is 0 Å². The van der Waals surface area contributed by atoms with Gasteiger partial charge in [-0.2, -0.15) is 5.10 Å². The minimum absolute atomic E-state index is 0.0921. The van der Waals surface area contributed by atoms with Gasteiger partial charge in [-0.15, -0.1) is 0 Å². The van der Waals surface area contributed by atoms with Crippen LogP contribution in [-0.4, -0.2) is 19.7 Å². The summed E-state index contributed by atoms with van der Waals surface area (Å²) in [4.78, 5) is 5.10. The minimum Gasteiger partial charge on any atom is -0.508 e. The van der Waals surface area contributed by atoms with E-state index in [0.717, 1.165) is 39.4 Å². The fourth-order valence-electron chi connectivity index (χ4n) is 3.63. The molecule has 154 valence electrons. The molecule has 4 aromatic rings. The number of fused-ring (bicyclic) bond motifs is 1. The molecule has 0 fully saturated rings. The first-order valence-corrected chi connectivity index (χ1v) is 10.4. The van der Waals surface area contributed by atoms with Gasteiger partial charge in [0.15, 0.2) is 5.65 Å². The second kappa shape index (κ2) is 6.98. The summed E-state index contributed by atoms with van der Waals surface area (Å²) in [7, 11) is 0. The van der Waals surface area contributed by atoms with Gasteiger partial charge in [0.05, 0.1) is 17.0 Å². The maximum Gasteiger partial charge on any atom is 0.164 e. The number of benzene rings is 2. The monoisotopic (exact) mass is 399 g/mol. The summed E-state index contributed by atoms with van der Waals surface area (Å²) in [5.74, 6) is 0.246. The van der Waals surface area contributed by atoms with Crippen LogP contribution >= 0.6 is 0 Å². The molecule has 2 aromatic heterocycles. The largest absolute Gasteiger partial charge is 0.508 e. The predicted molar refractivity (Wildman–Crippen MR) is 123 cm³/mol. The number of phenols is 1. The maximum absolute atomic E-state index is 9.82. The molecule has 0 spiro atoms. The van der Waals surface area contributed by atoms with Gasteiger partial charge in [-0.05, 0) is 23.8 Å². The zero-order chi connectivity index (χ0) is 21.7. The molecule has 0 aliphatic heterocycles. The Morgan fingerprint density at radius 2 is 1.40 bits per heavy atom. The van der Waals surface area contributed by atoms with E-state index in [1.165, 1.54) is 0 Å². The van der Waals surface area contributed by atoms with E-state index in [1.807, 2.05) is 34.8 Å². The summed E-state index contributed by atoms with van der Waals surface area (Å²) in [6.45, 7) is 13.2. The third-order valence-corrected chi connectivity index (χ3v) is 5.33. The van der Waals surface area contributed by atoms with Crippen molar-refractivity contribution in [2.75, 3.05) is 0 Å². The van der Waals surface area contributed by atoms with E-state index in [0.29, 0.717) is 0 Å². The van der Waals surface area contributed by atoms with Gasteiger partial charge in [-0.1, -0.05) is 84.0 Å². The van der Waals surface area contributed by atoms with E-state index >= 15 is 0 Å². The number of aromatic hydroxyl groups is 1. The fourth-order valence-corrected chi connectivity index (χ4v) is 3.63. The highest BCUT2D eigenvalue weighted by atomic mass is 16.3. The van der Waals surface area contributed by atoms with Crippen molar-refractivity contribution >= 4 is 5.65 Å². The zero-order valence-corrected chi connectivity index (χ0v) is 18.6. The van der Waals surface area contributed by atoms with Crippen LogP contribution < -0.4 is 0 Å². The van der Waals surface area contributed by atoms with Gasteiger partial charge >= 0.3 is 0 Å². The second-order valence-electron chi connectivity index (χ2n) is 9.90. The summed E-state index contributed by atoms with van der Waals surface area (Å²) in [6.07, 6.45) is 0. The van der Waals surface area contributed by atoms with E-state index < -0.39 is 0 Å². The smallest absolute Gasteiger partial charge is 0.164 e. The predicted octanol–water partition coefficient (Wildman–Crippen LogP) is 6.36. The molecular formula is C26H29N3O. The van der Waals surface area contributed by atoms with Crippen LogP contribution in [0.2, 0.25) is 0 Å². The lowest BCUT2D eigenvalue weighted by Crippen LogP contribution is -2.22. The molecule has 4 heteroatoms. The number of phenolic OH excluding ortho intramolecular Hbond substituents is 1. The van der Waals surface area contributed by atoms with Gasteiger partial charge in [0.1, 0.15) is 11.4 Å². The lowest BCUT2D eigenvalue weighted by Gasteiger charge is -2.25. The highest BCUT2D eigenvalue weighted by Gasteiger charge is 2.28.